The monoisotopic (exact) mass is 509 g/mol. The highest BCUT2D eigenvalue weighted by atomic mass is 35.5. The highest BCUT2D eigenvalue weighted by Crippen LogP contribution is 2.38. The van der Waals surface area contributed by atoms with Gasteiger partial charge in [-0.1, -0.05) is 51.3 Å². The Bertz CT molecular complexity index is 994. The van der Waals surface area contributed by atoms with E-state index in [1.54, 1.807) is 11.8 Å². The van der Waals surface area contributed by atoms with Crippen LogP contribution >= 0.6 is 11.6 Å². The Labute approximate surface area is 211 Å². The van der Waals surface area contributed by atoms with Gasteiger partial charge in [-0.25, -0.2) is 0 Å². The second-order valence-electron chi connectivity index (χ2n) is 9.36. The number of halogens is 1. The van der Waals surface area contributed by atoms with Crippen molar-refractivity contribution < 1.29 is 17.9 Å². The van der Waals surface area contributed by atoms with E-state index in [-0.39, 0.29) is 11.6 Å². The SMILES string of the molecule is CCn1nc(C(=O)NCC2CCC(C)CC2)c(Cl)c1-c1ccc(CC(C)C)cc1OC.O=S=O. The Morgan fingerprint density at radius 2 is 1.91 bits per heavy atom. The Balaban J connectivity index is 0.00000129. The van der Waals surface area contributed by atoms with E-state index < -0.39 is 11.6 Å². The van der Waals surface area contributed by atoms with Gasteiger partial charge in [0.1, 0.15) is 5.75 Å². The number of carbonyl (C=O) groups is 1. The van der Waals surface area contributed by atoms with Crippen LogP contribution in [0.3, 0.4) is 0 Å². The normalized spacial score (nSPS) is 17.6. The van der Waals surface area contributed by atoms with Gasteiger partial charge in [0.05, 0.1) is 17.8 Å². The molecule has 1 heterocycles. The first-order valence-corrected chi connectivity index (χ1v) is 12.9. The third-order valence-corrected chi connectivity index (χ3v) is 6.62. The molecule has 1 N–H and O–H groups in total. The lowest BCUT2D eigenvalue weighted by Gasteiger charge is -2.26. The summed E-state index contributed by atoms with van der Waals surface area (Å²) < 4.78 is 24.1. The van der Waals surface area contributed by atoms with Gasteiger partial charge >= 0.3 is 11.6 Å². The molecule has 9 heteroatoms. The zero-order valence-corrected chi connectivity index (χ0v) is 22.3. The molecule has 3 rings (SSSR count). The molecule has 7 nitrogen and oxygen atoms in total. The molecule has 0 saturated heterocycles. The van der Waals surface area contributed by atoms with E-state index in [9.17, 15) is 4.79 Å². The van der Waals surface area contributed by atoms with Crippen LogP contribution in [0.5, 0.6) is 5.75 Å². The zero-order valence-electron chi connectivity index (χ0n) is 20.7. The van der Waals surface area contributed by atoms with Crippen LogP contribution in [-0.2, 0) is 24.5 Å². The van der Waals surface area contributed by atoms with Gasteiger partial charge in [0.15, 0.2) is 5.69 Å². The van der Waals surface area contributed by atoms with Crippen molar-refractivity contribution in [2.45, 2.75) is 66.3 Å². The molecule has 1 amide bonds. The highest BCUT2D eigenvalue weighted by molar-refractivity contribution is 7.51. The smallest absolute Gasteiger partial charge is 0.335 e. The van der Waals surface area contributed by atoms with Crippen LogP contribution in [0.15, 0.2) is 18.2 Å². The van der Waals surface area contributed by atoms with Crippen molar-refractivity contribution in [2.75, 3.05) is 13.7 Å². The number of nitrogens with one attached hydrogen (secondary N) is 1. The number of aryl methyl sites for hydroxylation is 1. The molecule has 0 bridgehead atoms. The van der Waals surface area contributed by atoms with E-state index >= 15 is 0 Å². The first-order valence-electron chi connectivity index (χ1n) is 11.9. The maximum absolute atomic E-state index is 12.9. The minimum Gasteiger partial charge on any atom is -0.496 e. The Hall–Kier alpha value is -2.19. The summed E-state index contributed by atoms with van der Waals surface area (Å²) in [6.07, 6.45) is 5.80. The van der Waals surface area contributed by atoms with Crippen molar-refractivity contribution in [2.24, 2.45) is 17.8 Å². The molecule has 1 aliphatic carbocycles. The van der Waals surface area contributed by atoms with Crippen LogP contribution in [0.4, 0.5) is 0 Å². The van der Waals surface area contributed by atoms with Crippen LogP contribution in [-0.4, -0.2) is 37.8 Å². The minimum atomic E-state index is -0.750. The molecule has 0 radical (unpaired) electrons. The molecule has 0 atom stereocenters. The molecule has 1 aromatic heterocycles. The molecule has 2 aromatic rings. The summed E-state index contributed by atoms with van der Waals surface area (Å²) >= 11 is 5.98. The summed E-state index contributed by atoms with van der Waals surface area (Å²) in [7, 11) is 1.66. The fraction of sp³-hybridized carbons (Fsp3) is 0.600. The summed E-state index contributed by atoms with van der Waals surface area (Å²) in [6, 6.07) is 6.18. The average Bonchev–Trinajstić information content (AvgIpc) is 3.14. The predicted octanol–water partition coefficient (Wildman–Crippen LogP) is 5.32. The minimum absolute atomic E-state index is 0.201. The fourth-order valence-corrected chi connectivity index (χ4v) is 4.78. The number of amides is 1. The molecule has 0 unspecified atom stereocenters. The molecule has 1 aliphatic rings. The number of hydrogen-bond donors (Lipinski definition) is 1. The zero-order chi connectivity index (χ0) is 25.3. The molecule has 0 spiro atoms. The largest absolute Gasteiger partial charge is 0.496 e. The summed E-state index contributed by atoms with van der Waals surface area (Å²) in [6.45, 7) is 9.99. The number of ether oxygens (including phenoxy) is 1. The maximum atomic E-state index is 12.9. The maximum Gasteiger partial charge on any atom is 0.335 e. The van der Waals surface area contributed by atoms with Gasteiger partial charge in [0.2, 0.25) is 0 Å². The van der Waals surface area contributed by atoms with E-state index in [1.165, 1.54) is 31.2 Å². The second kappa shape index (κ2) is 13.6. The van der Waals surface area contributed by atoms with Crippen LogP contribution in [0, 0.1) is 17.8 Å². The van der Waals surface area contributed by atoms with E-state index in [2.05, 4.69) is 43.3 Å². The third kappa shape index (κ3) is 7.40. The number of benzene rings is 1. The standard InChI is InChI=1S/C25H36ClN3O2.O2S/c1-6-29-24(20-12-11-19(13-16(2)3)14-21(20)31-5)22(26)23(28-29)25(30)27-15-18-9-7-17(4)8-10-18;1-3-2/h11-12,14,16-18H,6-10,13,15H2,1-5H3,(H,27,30);. The second-order valence-corrected chi connectivity index (χ2v) is 9.88. The third-order valence-electron chi connectivity index (χ3n) is 6.26. The fourth-order valence-electron chi connectivity index (χ4n) is 4.45. The predicted molar refractivity (Wildman–Crippen MR) is 136 cm³/mol. The van der Waals surface area contributed by atoms with Gasteiger partial charge in [-0.2, -0.15) is 13.5 Å². The molecule has 1 fully saturated rings. The number of methoxy groups -OCH3 is 1. The average molecular weight is 510 g/mol. The van der Waals surface area contributed by atoms with Crippen LogP contribution in [0.25, 0.3) is 11.3 Å². The summed E-state index contributed by atoms with van der Waals surface area (Å²) in [4.78, 5) is 12.9. The van der Waals surface area contributed by atoms with Gasteiger partial charge in [0, 0.05) is 18.7 Å². The summed E-state index contributed by atoms with van der Waals surface area (Å²) in [5, 5.41) is 7.99. The first-order chi connectivity index (χ1) is 16.2. The van der Waals surface area contributed by atoms with Crippen molar-refractivity contribution in [3.8, 4) is 17.0 Å². The number of aromatic nitrogens is 2. The van der Waals surface area contributed by atoms with Crippen molar-refractivity contribution in [1.29, 1.82) is 0 Å². The van der Waals surface area contributed by atoms with E-state index in [1.807, 2.05) is 13.0 Å². The number of rotatable bonds is 8. The molecular formula is C25H36ClN3O4S. The topological polar surface area (TPSA) is 90.3 Å². The lowest BCUT2D eigenvalue weighted by atomic mass is 9.83. The molecular weight excluding hydrogens is 474 g/mol. The van der Waals surface area contributed by atoms with Crippen molar-refractivity contribution in [1.82, 2.24) is 15.1 Å². The van der Waals surface area contributed by atoms with Gasteiger partial charge < -0.3 is 10.1 Å². The molecule has 1 aromatic carbocycles. The number of nitrogens with zero attached hydrogens (tertiary/aromatic N) is 2. The molecule has 34 heavy (non-hydrogen) atoms. The lowest BCUT2D eigenvalue weighted by Crippen LogP contribution is -2.31. The van der Waals surface area contributed by atoms with E-state index in [0.717, 1.165) is 29.3 Å². The van der Waals surface area contributed by atoms with Gasteiger partial charge in [-0.3, -0.25) is 9.48 Å². The highest BCUT2D eigenvalue weighted by Gasteiger charge is 2.25. The first kappa shape index (κ1) is 28.1. The van der Waals surface area contributed by atoms with E-state index in [4.69, 9.17) is 24.8 Å². The summed E-state index contributed by atoms with van der Waals surface area (Å²) in [5.41, 5.74) is 3.09. The van der Waals surface area contributed by atoms with Crippen LogP contribution in [0.2, 0.25) is 5.02 Å². The van der Waals surface area contributed by atoms with Gasteiger partial charge in [-0.05, 0) is 61.6 Å². The van der Waals surface area contributed by atoms with Crippen LogP contribution in [0.1, 0.15) is 69.4 Å². The quantitative estimate of drug-likeness (QED) is 0.520. The van der Waals surface area contributed by atoms with Crippen molar-refractivity contribution in [3.63, 3.8) is 0 Å². The lowest BCUT2D eigenvalue weighted by molar-refractivity contribution is 0.0936. The molecule has 0 aliphatic heterocycles. The van der Waals surface area contributed by atoms with Gasteiger partial charge in [0.25, 0.3) is 5.91 Å². The summed E-state index contributed by atoms with van der Waals surface area (Å²) in [5.74, 6) is 2.44. The molecule has 1 saturated carbocycles. The van der Waals surface area contributed by atoms with Gasteiger partial charge in [-0.15, -0.1) is 0 Å². The number of hydrogen-bond acceptors (Lipinski definition) is 5. The van der Waals surface area contributed by atoms with Crippen LogP contribution < -0.4 is 10.1 Å². The number of carbonyl (C=O) groups excluding carboxylic acids is 1. The Kier molecular flexibility index (Phi) is 11.2. The van der Waals surface area contributed by atoms with Crippen molar-refractivity contribution in [3.05, 3.63) is 34.5 Å². The Morgan fingerprint density at radius 3 is 2.47 bits per heavy atom. The Morgan fingerprint density at radius 1 is 1.26 bits per heavy atom. The van der Waals surface area contributed by atoms with E-state index in [0.29, 0.717) is 29.9 Å². The molecule has 188 valence electrons. The van der Waals surface area contributed by atoms with Crippen molar-refractivity contribution >= 4 is 29.1 Å².